The molecule has 0 aliphatic rings. The topological polar surface area (TPSA) is 41.5 Å². The van der Waals surface area contributed by atoms with Crippen LogP contribution in [0.5, 0.6) is 5.75 Å². The first-order chi connectivity index (χ1) is 8.84. The largest absolute Gasteiger partial charge is 0.492 e. The SMILES string of the molecule is OCCNCCCCCCOc1ccccc1Br. The molecule has 2 N–H and O–H groups in total. The zero-order chi connectivity index (χ0) is 13.1. The van der Waals surface area contributed by atoms with Crippen LogP contribution < -0.4 is 10.1 Å². The molecule has 0 saturated heterocycles. The second-order valence-corrected chi connectivity index (χ2v) is 5.02. The third-order valence-electron chi connectivity index (χ3n) is 2.63. The molecule has 3 nitrogen and oxygen atoms in total. The van der Waals surface area contributed by atoms with Crippen LogP contribution in [0.2, 0.25) is 0 Å². The molecule has 0 fully saturated rings. The minimum Gasteiger partial charge on any atom is -0.492 e. The maximum absolute atomic E-state index is 8.59. The number of aliphatic hydroxyl groups excluding tert-OH is 1. The number of hydrogen-bond donors (Lipinski definition) is 2. The molecule has 0 unspecified atom stereocenters. The predicted molar refractivity (Wildman–Crippen MR) is 78.1 cm³/mol. The van der Waals surface area contributed by atoms with Crippen molar-refractivity contribution in [2.45, 2.75) is 25.7 Å². The number of rotatable bonds is 10. The van der Waals surface area contributed by atoms with Gasteiger partial charge in [-0.2, -0.15) is 0 Å². The third kappa shape index (κ3) is 6.99. The van der Waals surface area contributed by atoms with Gasteiger partial charge in [0.1, 0.15) is 5.75 Å². The summed E-state index contributed by atoms with van der Waals surface area (Å²) in [4.78, 5) is 0. The zero-order valence-electron chi connectivity index (χ0n) is 10.7. The molecule has 0 heterocycles. The van der Waals surface area contributed by atoms with Crippen LogP contribution in [0, 0.1) is 0 Å². The molecule has 0 aliphatic carbocycles. The number of nitrogens with one attached hydrogen (secondary N) is 1. The highest BCUT2D eigenvalue weighted by molar-refractivity contribution is 9.10. The molecule has 0 atom stereocenters. The Kier molecular flexibility index (Phi) is 8.90. The molecule has 1 aromatic carbocycles. The van der Waals surface area contributed by atoms with Crippen molar-refractivity contribution in [3.63, 3.8) is 0 Å². The number of halogens is 1. The van der Waals surface area contributed by atoms with Gasteiger partial charge < -0.3 is 15.2 Å². The molecule has 0 saturated carbocycles. The summed E-state index contributed by atoms with van der Waals surface area (Å²) in [5, 5.41) is 11.8. The van der Waals surface area contributed by atoms with E-state index in [0.717, 1.165) is 36.2 Å². The van der Waals surface area contributed by atoms with E-state index in [1.807, 2.05) is 24.3 Å². The molecule has 18 heavy (non-hydrogen) atoms. The lowest BCUT2D eigenvalue weighted by molar-refractivity contribution is 0.290. The van der Waals surface area contributed by atoms with Crippen molar-refractivity contribution in [2.75, 3.05) is 26.3 Å². The molecule has 102 valence electrons. The first-order valence-electron chi connectivity index (χ1n) is 6.53. The first kappa shape index (κ1) is 15.5. The van der Waals surface area contributed by atoms with E-state index >= 15 is 0 Å². The van der Waals surface area contributed by atoms with Crippen LogP contribution >= 0.6 is 15.9 Å². The Morgan fingerprint density at radius 3 is 2.61 bits per heavy atom. The van der Waals surface area contributed by atoms with Crippen LogP contribution in [0.1, 0.15) is 25.7 Å². The van der Waals surface area contributed by atoms with E-state index in [1.54, 1.807) is 0 Å². The number of hydrogen-bond acceptors (Lipinski definition) is 3. The van der Waals surface area contributed by atoms with Gasteiger partial charge in [0.25, 0.3) is 0 Å². The highest BCUT2D eigenvalue weighted by Crippen LogP contribution is 2.23. The van der Waals surface area contributed by atoms with Gasteiger partial charge in [-0.05, 0) is 47.4 Å². The van der Waals surface area contributed by atoms with Gasteiger partial charge in [-0.1, -0.05) is 25.0 Å². The van der Waals surface area contributed by atoms with Crippen LogP contribution in [0.4, 0.5) is 0 Å². The highest BCUT2D eigenvalue weighted by atomic mass is 79.9. The van der Waals surface area contributed by atoms with Crippen molar-refractivity contribution in [2.24, 2.45) is 0 Å². The van der Waals surface area contributed by atoms with E-state index in [9.17, 15) is 0 Å². The lowest BCUT2D eigenvalue weighted by atomic mass is 10.2. The minimum atomic E-state index is 0.222. The standard InChI is InChI=1S/C14H22BrNO2/c15-13-7-3-4-8-14(13)18-12-6-2-1-5-9-16-10-11-17/h3-4,7-8,16-17H,1-2,5-6,9-12H2. The van der Waals surface area contributed by atoms with Crippen LogP contribution in [0.3, 0.4) is 0 Å². The number of unbranched alkanes of at least 4 members (excludes halogenated alkanes) is 3. The Balaban J connectivity index is 1.94. The van der Waals surface area contributed by atoms with Crippen molar-refractivity contribution >= 4 is 15.9 Å². The molecule has 0 aromatic heterocycles. The Labute approximate surface area is 118 Å². The van der Waals surface area contributed by atoms with E-state index in [-0.39, 0.29) is 6.61 Å². The zero-order valence-corrected chi connectivity index (χ0v) is 12.3. The van der Waals surface area contributed by atoms with Gasteiger partial charge >= 0.3 is 0 Å². The van der Waals surface area contributed by atoms with E-state index in [1.165, 1.54) is 12.8 Å². The maximum Gasteiger partial charge on any atom is 0.133 e. The molecule has 1 rings (SSSR count). The monoisotopic (exact) mass is 315 g/mol. The Hall–Kier alpha value is -0.580. The van der Waals surface area contributed by atoms with Gasteiger partial charge in [0, 0.05) is 6.54 Å². The van der Waals surface area contributed by atoms with Crippen molar-refractivity contribution in [1.82, 2.24) is 5.32 Å². The van der Waals surface area contributed by atoms with E-state index in [2.05, 4.69) is 21.2 Å². The second kappa shape index (κ2) is 10.4. The molecule has 0 spiro atoms. The summed E-state index contributed by atoms with van der Waals surface area (Å²) in [6.45, 7) is 2.68. The summed E-state index contributed by atoms with van der Waals surface area (Å²) in [5.41, 5.74) is 0. The van der Waals surface area contributed by atoms with Crippen LogP contribution in [-0.4, -0.2) is 31.4 Å². The van der Waals surface area contributed by atoms with Gasteiger partial charge in [0.05, 0.1) is 17.7 Å². The van der Waals surface area contributed by atoms with Crippen LogP contribution in [-0.2, 0) is 0 Å². The van der Waals surface area contributed by atoms with Gasteiger partial charge in [0.15, 0.2) is 0 Å². The van der Waals surface area contributed by atoms with E-state index < -0.39 is 0 Å². The maximum atomic E-state index is 8.59. The quantitative estimate of drug-likeness (QED) is 0.652. The molecule has 1 aromatic rings. The van der Waals surface area contributed by atoms with Crippen molar-refractivity contribution in [3.8, 4) is 5.75 Å². The Morgan fingerprint density at radius 1 is 1.06 bits per heavy atom. The van der Waals surface area contributed by atoms with Crippen LogP contribution in [0.15, 0.2) is 28.7 Å². The number of benzene rings is 1. The summed E-state index contributed by atoms with van der Waals surface area (Å²) in [7, 11) is 0. The molecule has 0 bridgehead atoms. The van der Waals surface area contributed by atoms with E-state index in [0.29, 0.717) is 6.54 Å². The average molecular weight is 316 g/mol. The number of para-hydroxylation sites is 1. The average Bonchev–Trinajstić information content (AvgIpc) is 2.39. The fourth-order valence-corrected chi connectivity index (χ4v) is 2.05. The smallest absolute Gasteiger partial charge is 0.133 e. The van der Waals surface area contributed by atoms with Gasteiger partial charge in [-0.3, -0.25) is 0 Å². The normalized spacial score (nSPS) is 10.6. The molecular weight excluding hydrogens is 294 g/mol. The summed E-state index contributed by atoms with van der Waals surface area (Å²) in [6, 6.07) is 7.92. The Morgan fingerprint density at radius 2 is 1.83 bits per heavy atom. The fourth-order valence-electron chi connectivity index (χ4n) is 1.65. The molecular formula is C14H22BrNO2. The lowest BCUT2D eigenvalue weighted by Gasteiger charge is -2.07. The lowest BCUT2D eigenvalue weighted by Crippen LogP contribution is -2.19. The minimum absolute atomic E-state index is 0.222. The van der Waals surface area contributed by atoms with Gasteiger partial charge in [0.2, 0.25) is 0 Å². The molecule has 4 heteroatoms. The summed E-state index contributed by atoms with van der Waals surface area (Å²) >= 11 is 3.46. The van der Waals surface area contributed by atoms with Crippen molar-refractivity contribution in [1.29, 1.82) is 0 Å². The Bertz CT molecular complexity index is 320. The van der Waals surface area contributed by atoms with Gasteiger partial charge in [-0.25, -0.2) is 0 Å². The third-order valence-corrected chi connectivity index (χ3v) is 3.29. The first-order valence-corrected chi connectivity index (χ1v) is 7.33. The van der Waals surface area contributed by atoms with Crippen LogP contribution in [0.25, 0.3) is 0 Å². The summed E-state index contributed by atoms with van der Waals surface area (Å²) in [6.07, 6.45) is 4.64. The predicted octanol–water partition coefficient (Wildman–Crippen LogP) is 2.97. The molecule has 0 amide bonds. The number of aliphatic hydroxyl groups is 1. The molecule has 0 radical (unpaired) electrons. The van der Waals surface area contributed by atoms with Crippen molar-refractivity contribution < 1.29 is 9.84 Å². The molecule has 0 aliphatic heterocycles. The van der Waals surface area contributed by atoms with Crippen molar-refractivity contribution in [3.05, 3.63) is 28.7 Å². The highest BCUT2D eigenvalue weighted by Gasteiger charge is 1.98. The second-order valence-electron chi connectivity index (χ2n) is 4.17. The summed E-state index contributed by atoms with van der Waals surface area (Å²) < 4.78 is 6.70. The van der Waals surface area contributed by atoms with Gasteiger partial charge in [-0.15, -0.1) is 0 Å². The number of ether oxygens (including phenoxy) is 1. The fraction of sp³-hybridized carbons (Fsp3) is 0.571. The van der Waals surface area contributed by atoms with E-state index in [4.69, 9.17) is 9.84 Å². The summed E-state index contributed by atoms with van der Waals surface area (Å²) in [5.74, 6) is 0.919.